The van der Waals surface area contributed by atoms with Crippen LogP contribution in [-0.2, 0) is 34.9 Å². The molecule has 4 N–H and O–H groups in total. The number of amides is 3. The van der Waals surface area contributed by atoms with Gasteiger partial charge in [0.2, 0.25) is 0 Å². The Balaban J connectivity index is 0.000000140. The van der Waals surface area contributed by atoms with Gasteiger partial charge in [-0.1, -0.05) is 24.3 Å². The van der Waals surface area contributed by atoms with E-state index < -0.39 is 0 Å². The molecule has 3 amide bonds. The topological polar surface area (TPSA) is 307 Å². The first-order valence-corrected chi connectivity index (χ1v) is 31.7. The molecule has 0 aromatic carbocycles. The van der Waals surface area contributed by atoms with Crippen LogP contribution in [0.5, 0.6) is 0 Å². The molecule has 27 nitrogen and oxygen atoms in total. The maximum absolute atomic E-state index is 13.1. The molecule has 0 radical (unpaired) electrons. The molecule has 0 bridgehead atoms. The van der Waals surface area contributed by atoms with E-state index in [1.54, 1.807) is 108 Å². The van der Waals surface area contributed by atoms with Crippen molar-refractivity contribution in [3.63, 3.8) is 0 Å². The number of aromatic nitrogens is 16. The van der Waals surface area contributed by atoms with Gasteiger partial charge in [0.25, 0.3) is 17.7 Å². The Morgan fingerprint density at radius 2 is 0.959 bits per heavy atom. The van der Waals surface area contributed by atoms with Crippen molar-refractivity contribution in [3.05, 3.63) is 212 Å². The molecular formula is C71H71N21O6. The van der Waals surface area contributed by atoms with Gasteiger partial charge in [-0.2, -0.15) is 20.4 Å². The fourth-order valence-corrected chi connectivity index (χ4v) is 10.8. The minimum atomic E-state index is -0.325. The van der Waals surface area contributed by atoms with Gasteiger partial charge < -0.3 is 40.0 Å². The SMILES string of the molecule is COCCCn1cc(NC(=O)c2cccc(-c3cncc(C)c3)n2)c(-c2ccccn2)n1.Cc1cncc(-c2cccc(C(=O)Nc3cn(C)nc3-c3ccc(N4CCOCC4)cn3)n2)c1.Cn1cc(NC(=O)c2cccc(-c3cn[nH]c3)n2)c(-c2ccc(N3CCOCC3)cn2)n1. The molecule has 2 saturated heterocycles. The first kappa shape index (κ1) is 66.0. The highest BCUT2D eigenvalue weighted by Crippen LogP contribution is 2.31. The number of rotatable bonds is 18. The van der Waals surface area contributed by atoms with E-state index in [4.69, 9.17) is 14.2 Å². The van der Waals surface area contributed by atoms with Crippen molar-refractivity contribution in [2.75, 3.05) is 92.1 Å². The molecule has 14 rings (SSSR count). The molecule has 0 spiro atoms. The smallest absolute Gasteiger partial charge is 0.274 e. The number of aromatic amines is 1. The molecule has 496 valence electrons. The summed E-state index contributed by atoms with van der Waals surface area (Å²) in [5.41, 5.74) is 15.2. The van der Waals surface area contributed by atoms with Crippen molar-refractivity contribution in [2.24, 2.45) is 14.1 Å². The van der Waals surface area contributed by atoms with Crippen LogP contribution in [0.3, 0.4) is 0 Å². The van der Waals surface area contributed by atoms with Gasteiger partial charge >= 0.3 is 0 Å². The van der Waals surface area contributed by atoms with Crippen LogP contribution in [0, 0.1) is 13.8 Å². The van der Waals surface area contributed by atoms with Crippen LogP contribution in [0.15, 0.2) is 184 Å². The number of morpholine rings is 2. The second-order valence-electron chi connectivity index (χ2n) is 22.9. The summed E-state index contributed by atoms with van der Waals surface area (Å²) in [6, 6.07) is 33.5. The lowest BCUT2D eigenvalue weighted by Crippen LogP contribution is -2.36. The standard InChI is InChI=1S/C25H25N7O2.C24H24N6O2.C22H22N8O2/c1-17-12-18(14-26-13-17)20-4-3-5-22(28-20)25(33)29-23-16-31(2)30-24(23)21-7-6-19(15-27-21)32-8-10-34-11-9-32;1-17-13-18(15-25-14-17)19-8-5-9-21(27-19)24(31)28-22-16-30(11-6-12-32-2)29-23(22)20-7-3-4-10-26-20;1-29-14-20(27-22(31)19-4-2-3-17(26-19)15-11-24-25-12-15)21(28-29)18-6-5-16(13-23-18)30-7-9-32-10-8-30/h3-7,12-16H,8-11H2,1-2H3,(H,29,33);3-5,7-10,13-16H,6,11-12H2,1-2H3,(H,28,31);2-6,11-14H,7-10H2,1H3,(H,24,25)(H,27,31). The Morgan fingerprint density at radius 1 is 0.500 bits per heavy atom. The first-order chi connectivity index (χ1) is 47.9. The monoisotopic (exact) mass is 1310 g/mol. The van der Waals surface area contributed by atoms with Gasteiger partial charge in [0.15, 0.2) is 0 Å². The molecule has 27 heteroatoms. The Kier molecular flexibility index (Phi) is 21.2. The van der Waals surface area contributed by atoms with E-state index in [0.717, 1.165) is 71.8 Å². The largest absolute Gasteiger partial charge is 0.385 e. The number of anilines is 5. The van der Waals surface area contributed by atoms with Gasteiger partial charge in [-0.25, -0.2) is 15.0 Å². The zero-order valence-electron chi connectivity index (χ0n) is 54.7. The zero-order chi connectivity index (χ0) is 67.7. The van der Waals surface area contributed by atoms with Crippen LogP contribution in [0.4, 0.5) is 28.4 Å². The lowest BCUT2D eigenvalue weighted by atomic mass is 10.1. The summed E-state index contributed by atoms with van der Waals surface area (Å²) in [7, 11) is 5.28. The van der Waals surface area contributed by atoms with Crippen molar-refractivity contribution in [1.82, 2.24) is 79.4 Å². The molecule has 0 aliphatic carbocycles. The van der Waals surface area contributed by atoms with Crippen molar-refractivity contribution in [2.45, 2.75) is 26.8 Å². The van der Waals surface area contributed by atoms with Crippen molar-refractivity contribution in [1.29, 1.82) is 0 Å². The zero-order valence-corrected chi connectivity index (χ0v) is 54.7. The van der Waals surface area contributed by atoms with E-state index in [2.05, 4.69) is 91.1 Å². The second-order valence-corrected chi connectivity index (χ2v) is 22.9. The fourth-order valence-electron chi connectivity index (χ4n) is 10.8. The molecule has 0 unspecified atom stereocenters. The van der Waals surface area contributed by atoms with Crippen molar-refractivity contribution in [3.8, 4) is 67.9 Å². The molecule has 2 aliphatic rings. The summed E-state index contributed by atoms with van der Waals surface area (Å²) in [6.45, 7) is 11.5. The van der Waals surface area contributed by atoms with Crippen molar-refractivity contribution >= 4 is 46.2 Å². The summed E-state index contributed by atoms with van der Waals surface area (Å²) in [5.74, 6) is -0.961. The quantitative estimate of drug-likeness (QED) is 0.0581. The summed E-state index contributed by atoms with van der Waals surface area (Å²) in [4.78, 5) is 79.0. The van der Waals surface area contributed by atoms with Gasteiger partial charge in [0, 0.05) is 133 Å². The molecule has 0 atom stereocenters. The minimum Gasteiger partial charge on any atom is -0.385 e. The fraction of sp³-hybridized carbons (Fsp3) is 0.225. The van der Waals surface area contributed by atoms with Crippen LogP contribution in [0.1, 0.15) is 49.0 Å². The average Bonchev–Trinajstić information content (AvgIpc) is 1.65. The Morgan fingerprint density at radius 3 is 1.39 bits per heavy atom. The van der Waals surface area contributed by atoms with E-state index >= 15 is 0 Å². The molecule has 2 fully saturated rings. The van der Waals surface area contributed by atoms with E-state index in [1.807, 2.05) is 124 Å². The predicted octanol–water partition coefficient (Wildman–Crippen LogP) is 9.69. The van der Waals surface area contributed by atoms with Crippen LogP contribution in [0.2, 0.25) is 0 Å². The van der Waals surface area contributed by atoms with Crippen LogP contribution >= 0.6 is 0 Å². The number of ether oxygens (including phenoxy) is 3. The van der Waals surface area contributed by atoms with E-state index in [1.165, 1.54) is 0 Å². The lowest BCUT2D eigenvalue weighted by Gasteiger charge is -2.28. The number of nitrogens with one attached hydrogen (secondary N) is 4. The van der Waals surface area contributed by atoms with Crippen molar-refractivity contribution < 1.29 is 28.6 Å². The van der Waals surface area contributed by atoms with Crippen LogP contribution in [-0.4, -0.2) is 163 Å². The third-order valence-corrected chi connectivity index (χ3v) is 15.6. The highest BCUT2D eigenvalue weighted by atomic mass is 16.5. The highest BCUT2D eigenvalue weighted by molar-refractivity contribution is 6.06. The maximum Gasteiger partial charge on any atom is 0.274 e. The minimum absolute atomic E-state index is 0.300. The number of hydrogen-bond donors (Lipinski definition) is 4. The normalized spacial score (nSPS) is 12.8. The number of nitrogens with zero attached hydrogens (tertiary/aromatic N) is 17. The summed E-state index contributed by atoms with van der Waals surface area (Å²) in [5, 5.41) is 29.2. The van der Waals surface area contributed by atoms with Crippen LogP contribution in [0.25, 0.3) is 67.9 Å². The molecule has 14 heterocycles. The molecular weight excluding hydrogens is 1240 g/mol. The van der Waals surface area contributed by atoms with Gasteiger partial charge in [0.1, 0.15) is 34.2 Å². The maximum atomic E-state index is 13.1. The number of carbonyl (C=O) groups is 3. The van der Waals surface area contributed by atoms with Gasteiger partial charge in [0.05, 0.1) is 108 Å². The van der Waals surface area contributed by atoms with E-state index in [-0.39, 0.29) is 17.7 Å². The number of pyridine rings is 8. The molecule has 12 aromatic rings. The van der Waals surface area contributed by atoms with E-state index in [9.17, 15) is 14.4 Å². The number of aryl methyl sites for hydroxylation is 5. The van der Waals surface area contributed by atoms with E-state index in [0.29, 0.717) is 125 Å². The van der Waals surface area contributed by atoms with Gasteiger partial charge in [-0.3, -0.25) is 58.4 Å². The molecule has 12 aromatic heterocycles. The number of H-pyrrole nitrogens is 1. The Hall–Kier alpha value is -12.1. The van der Waals surface area contributed by atoms with Gasteiger partial charge in [-0.05, 0) is 116 Å². The molecule has 0 saturated carbocycles. The molecule has 98 heavy (non-hydrogen) atoms. The second kappa shape index (κ2) is 31.4. The molecule has 2 aliphatic heterocycles. The first-order valence-electron chi connectivity index (χ1n) is 31.7. The predicted molar refractivity (Wildman–Crippen MR) is 371 cm³/mol. The lowest BCUT2D eigenvalue weighted by molar-refractivity contribution is 0.101. The summed E-state index contributed by atoms with van der Waals surface area (Å²) >= 11 is 0. The third-order valence-electron chi connectivity index (χ3n) is 15.6. The Bertz CT molecular complexity index is 4660. The van der Waals surface area contributed by atoms with Gasteiger partial charge in [-0.15, -0.1) is 0 Å². The number of hydrogen-bond acceptors (Lipinski definition) is 20. The average molecular weight is 1310 g/mol. The highest BCUT2D eigenvalue weighted by Gasteiger charge is 2.22. The summed E-state index contributed by atoms with van der Waals surface area (Å²) < 4.78 is 21.1. The third kappa shape index (κ3) is 16.7. The summed E-state index contributed by atoms with van der Waals surface area (Å²) in [6.07, 6.45) is 21.9. The Labute approximate surface area is 564 Å². The number of carbonyl (C=O) groups excluding carboxylic acids is 3. The van der Waals surface area contributed by atoms with Crippen LogP contribution < -0.4 is 25.8 Å². The number of methoxy groups -OCH3 is 1.